The summed E-state index contributed by atoms with van der Waals surface area (Å²) < 4.78 is 25.7. The summed E-state index contributed by atoms with van der Waals surface area (Å²) in [5.74, 6) is -1.64. The molecule has 0 unspecified atom stereocenters. The second-order valence-electron chi connectivity index (χ2n) is 1.99. The van der Waals surface area contributed by atoms with Crippen molar-refractivity contribution in [2.75, 3.05) is 12.4 Å². The van der Waals surface area contributed by atoms with Gasteiger partial charge in [0.05, 0.1) is 6.61 Å². The Bertz CT molecular complexity index is 221. The van der Waals surface area contributed by atoms with Gasteiger partial charge in [0.2, 0.25) is 5.91 Å². The third kappa shape index (κ3) is 5.81. The van der Waals surface area contributed by atoms with E-state index < -0.39 is 21.8 Å². The number of primary amides is 1. The number of nitrogens with two attached hydrogens (primary N) is 1. The third-order valence-electron chi connectivity index (χ3n) is 0.786. The van der Waals surface area contributed by atoms with E-state index in [1.54, 1.807) is 6.92 Å². The molecule has 1 amide bonds. The summed E-state index contributed by atoms with van der Waals surface area (Å²) in [5.41, 5.74) is 4.65. The van der Waals surface area contributed by atoms with Crippen LogP contribution in [-0.2, 0) is 19.1 Å². The van der Waals surface area contributed by atoms with Gasteiger partial charge in [-0.1, -0.05) is 6.92 Å². The van der Waals surface area contributed by atoms with Crippen molar-refractivity contribution in [1.82, 2.24) is 0 Å². The van der Waals surface area contributed by atoms with Crippen molar-refractivity contribution in [2.24, 2.45) is 5.73 Å². The van der Waals surface area contributed by atoms with E-state index in [0.717, 1.165) is 0 Å². The lowest BCUT2D eigenvalue weighted by molar-refractivity contribution is -0.115. The van der Waals surface area contributed by atoms with E-state index in [9.17, 15) is 13.2 Å². The first-order chi connectivity index (χ1) is 4.98. The first kappa shape index (κ1) is 10.4. The van der Waals surface area contributed by atoms with Crippen molar-refractivity contribution < 1.29 is 17.4 Å². The lowest BCUT2D eigenvalue weighted by atomic mass is 10.5. The molecule has 2 N–H and O–H groups in total. The minimum absolute atomic E-state index is 0.0929. The summed E-state index contributed by atoms with van der Waals surface area (Å²) in [4.78, 5) is 10.1. The fourth-order valence-electron chi connectivity index (χ4n) is 0.426. The van der Waals surface area contributed by atoms with Crippen molar-refractivity contribution in [1.29, 1.82) is 0 Å². The number of rotatable bonds is 5. The van der Waals surface area contributed by atoms with Crippen molar-refractivity contribution in [3.8, 4) is 0 Å². The Labute approximate surface area is 65.6 Å². The number of carbonyl (C=O) groups excluding carboxylic acids is 1. The molecule has 0 aromatic rings. The summed E-state index contributed by atoms with van der Waals surface area (Å²) in [6.45, 7) is 1.86. The monoisotopic (exact) mass is 181 g/mol. The summed E-state index contributed by atoms with van der Waals surface area (Å²) in [6.07, 6.45) is 0.581. The van der Waals surface area contributed by atoms with Crippen LogP contribution >= 0.6 is 0 Å². The molecule has 0 aliphatic carbocycles. The molecule has 0 rings (SSSR count). The fourth-order valence-corrected chi connectivity index (χ4v) is 1.28. The maximum atomic E-state index is 10.7. The molecule has 0 bridgehead atoms. The second-order valence-corrected chi connectivity index (χ2v) is 3.63. The van der Waals surface area contributed by atoms with Gasteiger partial charge in [0.1, 0.15) is 0 Å². The van der Waals surface area contributed by atoms with Gasteiger partial charge >= 0.3 is 0 Å². The molecule has 0 saturated heterocycles. The van der Waals surface area contributed by atoms with Crippen molar-refractivity contribution in [3.63, 3.8) is 0 Å². The highest BCUT2D eigenvalue weighted by molar-refractivity contribution is 7.87. The van der Waals surface area contributed by atoms with E-state index in [1.165, 1.54) is 0 Å². The molecular weight excluding hydrogens is 170 g/mol. The van der Waals surface area contributed by atoms with Gasteiger partial charge in [0, 0.05) is 0 Å². The Morgan fingerprint density at radius 3 is 2.45 bits per heavy atom. The van der Waals surface area contributed by atoms with Gasteiger partial charge < -0.3 is 5.73 Å². The van der Waals surface area contributed by atoms with Crippen LogP contribution in [0, 0.1) is 0 Å². The third-order valence-corrected chi connectivity index (χ3v) is 1.95. The molecule has 0 aliphatic rings. The van der Waals surface area contributed by atoms with Crippen molar-refractivity contribution >= 4 is 16.0 Å². The summed E-state index contributed by atoms with van der Waals surface area (Å²) >= 11 is 0. The fraction of sp³-hybridized carbons (Fsp3) is 0.800. The zero-order valence-corrected chi connectivity index (χ0v) is 7.06. The van der Waals surface area contributed by atoms with E-state index in [4.69, 9.17) is 0 Å². The van der Waals surface area contributed by atoms with E-state index in [-0.39, 0.29) is 6.61 Å². The average Bonchev–Trinajstić information content (AvgIpc) is 1.81. The highest BCUT2D eigenvalue weighted by Crippen LogP contribution is 1.93. The van der Waals surface area contributed by atoms with Crippen LogP contribution in [0.4, 0.5) is 0 Å². The molecule has 0 atom stereocenters. The molecule has 0 aromatic heterocycles. The molecule has 0 heterocycles. The Kier molecular flexibility index (Phi) is 4.06. The minimum Gasteiger partial charge on any atom is -0.369 e. The maximum Gasteiger partial charge on any atom is 0.276 e. The van der Waals surface area contributed by atoms with Gasteiger partial charge in [0.15, 0.2) is 5.75 Å². The minimum atomic E-state index is -3.72. The molecule has 0 radical (unpaired) electrons. The van der Waals surface area contributed by atoms with E-state index >= 15 is 0 Å². The van der Waals surface area contributed by atoms with E-state index in [2.05, 4.69) is 9.92 Å². The van der Waals surface area contributed by atoms with Gasteiger partial charge in [-0.3, -0.25) is 8.98 Å². The van der Waals surface area contributed by atoms with Crippen LogP contribution < -0.4 is 5.73 Å². The van der Waals surface area contributed by atoms with Crippen LogP contribution in [0.15, 0.2) is 0 Å². The first-order valence-electron chi connectivity index (χ1n) is 3.13. The first-order valence-corrected chi connectivity index (χ1v) is 4.71. The van der Waals surface area contributed by atoms with Gasteiger partial charge in [-0.05, 0) is 6.42 Å². The maximum absolute atomic E-state index is 10.7. The lowest BCUT2D eigenvalue weighted by Gasteiger charge is -2.00. The second kappa shape index (κ2) is 4.30. The number of amides is 1. The van der Waals surface area contributed by atoms with Crippen LogP contribution in [0.25, 0.3) is 0 Å². The Hall–Kier alpha value is -0.620. The predicted molar refractivity (Wildman–Crippen MR) is 39.2 cm³/mol. The van der Waals surface area contributed by atoms with Crippen molar-refractivity contribution in [3.05, 3.63) is 0 Å². The van der Waals surface area contributed by atoms with E-state index in [0.29, 0.717) is 6.42 Å². The molecule has 0 aliphatic heterocycles. The van der Waals surface area contributed by atoms with Gasteiger partial charge in [-0.2, -0.15) is 8.42 Å². The molecule has 66 valence electrons. The quantitative estimate of drug-likeness (QED) is 0.564. The zero-order chi connectivity index (χ0) is 8.91. The van der Waals surface area contributed by atoms with Crippen LogP contribution in [0.2, 0.25) is 0 Å². The highest BCUT2D eigenvalue weighted by Gasteiger charge is 2.13. The van der Waals surface area contributed by atoms with Gasteiger partial charge in [-0.25, -0.2) is 0 Å². The molecule has 6 heteroatoms. The molecular formula is C5H11NO4S. The van der Waals surface area contributed by atoms with Crippen LogP contribution in [0.3, 0.4) is 0 Å². The summed E-state index contributed by atoms with van der Waals surface area (Å²) in [5, 5.41) is 0. The normalized spacial score (nSPS) is 11.4. The highest BCUT2D eigenvalue weighted by atomic mass is 32.2. The molecule has 11 heavy (non-hydrogen) atoms. The van der Waals surface area contributed by atoms with E-state index in [1.807, 2.05) is 0 Å². The Morgan fingerprint density at radius 2 is 2.09 bits per heavy atom. The van der Waals surface area contributed by atoms with Gasteiger partial charge in [0.25, 0.3) is 10.1 Å². The average molecular weight is 181 g/mol. The largest absolute Gasteiger partial charge is 0.369 e. The summed E-state index contributed by atoms with van der Waals surface area (Å²) in [7, 11) is -3.72. The number of carbonyl (C=O) groups is 1. The topological polar surface area (TPSA) is 86.5 Å². The SMILES string of the molecule is CCCOS(=O)(=O)CC(N)=O. The molecule has 5 nitrogen and oxygen atoms in total. The summed E-state index contributed by atoms with van der Waals surface area (Å²) in [6, 6.07) is 0. The number of hydrogen-bond acceptors (Lipinski definition) is 4. The lowest BCUT2D eigenvalue weighted by Crippen LogP contribution is -2.24. The zero-order valence-electron chi connectivity index (χ0n) is 6.24. The van der Waals surface area contributed by atoms with Crippen LogP contribution in [-0.4, -0.2) is 26.7 Å². The Balaban J connectivity index is 3.92. The van der Waals surface area contributed by atoms with Crippen molar-refractivity contribution in [2.45, 2.75) is 13.3 Å². The van der Waals surface area contributed by atoms with Crippen LogP contribution in [0.1, 0.15) is 13.3 Å². The molecule has 0 fully saturated rings. The smallest absolute Gasteiger partial charge is 0.276 e. The van der Waals surface area contributed by atoms with Crippen LogP contribution in [0.5, 0.6) is 0 Å². The standard InChI is InChI=1S/C5H11NO4S/c1-2-3-10-11(8,9)4-5(6)7/h2-4H2,1H3,(H2,6,7). The number of hydrogen-bond donors (Lipinski definition) is 1. The predicted octanol–water partition coefficient (Wildman–Crippen LogP) is -0.772. The molecule has 0 aromatic carbocycles. The molecule has 0 saturated carbocycles. The Morgan fingerprint density at radius 1 is 1.55 bits per heavy atom. The molecule has 0 spiro atoms. The van der Waals surface area contributed by atoms with Gasteiger partial charge in [-0.15, -0.1) is 0 Å².